The zero-order valence-electron chi connectivity index (χ0n) is 15.3. The van der Waals surface area contributed by atoms with Crippen molar-refractivity contribution >= 4 is 0 Å². The highest BCUT2D eigenvalue weighted by Crippen LogP contribution is 2.38. The number of methoxy groups -OCH3 is 3. The SMILES string of the molecule is COc1cc(COc2cccc(C(C)C)cc2=O)cc(OC)c1OC. The fourth-order valence-electron chi connectivity index (χ4n) is 2.46. The fraction of sp³-hybridized carbons (Fsp3) is 0.350. The van der Waals surface area contributed by atoms with E-state index in [9.17, 15) is 4.79 Å². The van der Waals surface area contributed by atoms with Gasteiger partial charge in [0.15, 0.2) is 17.2 Å². The maximum atomic E-state index is 12.3. The molecule has 2 aromatic carbocycles. The zero-order valence-corrected chi connectivity index (χ0v) is 15.3. The topological polar surface area (TPSA) is 54.0 Å². The molecule has 5 nitrogen and oxygen atoms in total. The van der Waals surface area contributed by atoms with Crippen molar-refractivity contribution in [1.29, 1.82) is 0 Å². The lowest BCUT2D eigenvalue weighted by Crippen LogP contribution is -2.06. The molecular weight excluding hydrogens is 320 g/mol. The summed E-state index contributed by atoms with van der Waals surface area (Å²) in [6.07, 6.45) is 0. The Morgan fingerprint density at radius 1 is 0.880 bits per heavy atom. The van der Waals surface area contributed by atoms with Crippen molar-refractivity contribution in [2.45, 2.75) is 26.4 Å². The Balaban J connectivity index is 2.27. The Morgan fingerprint density at radius 3 is 2.04 bits per heavy atom. The van der Waals surface area contributed by atoms with Crippen LogP contribution in [0.1, 0.15) is 30.9 Å². The van der Waals surface area contributed by atoms with Crippen molar-refractivity contribution in [2.24, 2.45) is 0 Å². The average Bonchev–Trinajstić information content (AvgIpc) is 2.80. The van der Waals surface area contributed by atoms with Crippen molar-refractivity contribution in [1.82, 2.24) is 0 Å². The van der Waals surface area contributed by atoms with E-state index in [1.54, 1.807) is 45.6 Å². The van der Waals surface area contributed by atoms with Crippen molar-refractivity contribution in [3.05, 3.63) is 57.7 Å². The summed E-state index contributed by atoms with van der Waals surface area (Å²) in [5.41, 5.74) is 1.65. The molecule has 5 heteroatoms. The molecule has 0 heterocycles. The summed E-state index contributed by atoms with van der Waals surface area (Å²) >= 11 is 0. The van der Waals surface area contributed by atoms with Gasteiger partial charge in [0.2, 0.25) is 11.2 Å². The van der Waals surface area contributed by atoms with Crippen molar-refractivity contribution in [2.75, 3.05) is 21.3 Å². The first-order chi connectivity index (χ1) is 12.0. The van der Waals surface area contributed by atoms with Crippen molar-refractivity contribution < 1.29 is 18.9 Å². The van der Waals surface area contributed by atoms with Crippen LogP contribution >= 0.6 is 0 Å². The number of hydrogen-bond acceptors (Lipinski definition) is 5. The van der Waals surface area contributed by atoms with E-state index in [0.29, 0.717) is 23.0 Å². The van der Waals surface area contributed by atoms with Crippen molar-refractivity contribution in [3.63, 3.8) is 0 Å². The minimum absolute atomic E-state index is 0.138. The molecule has 0 saturated heterocycles. The molecule has 0 fully saturated rings. The predicted octanol–water partition coefficient (Wildman–Crippen LogP) is 3.78. The van der Waals surface area contributed by atoms with E-state index in [-0.39, 0.29) is 18.0 Å². The van der Waals surface area contributed by atoms with Gasteiger partial charge in [0.25, 0.3) is 0 Å². The van der Waals surface area contributed by atoms with Gasteiger partial charge < -0.3 is 18.9 Å². The lowest BCUT2D eigenvalue weighted by molar-refractivity contribution is 0.296. The van der Waals surface area contributed by atoms with Gasteiger partial charge >= 0.3 is 0 Å². The molecule has 0 aliphatic carbocycles. The molecule has 0 unspecified atom stereocenters. The van der Waals surface area contributed by atoms with Gasteiger partial charge in [-0.3, -0.25) is 4.79 Å². The highest BCUT2D eigenvalue weighted by atomic mass is 16.5. The van der Waals surface area contributed by atoms with E-state index in [1.807, 2.05) is 26.0 Å². The summed E-state index contributed by atoms with van der Waals surface area (Å²) in [5, 5.41) is 0. The second-order valence-electron chi connectivity index (χ2n) is 5.88. The summed E-state index contributed by atoms with van der Waals surface area (Å²) < 4.78 is 21.7. The van der Waals surface area contributed by atoms with Crippen LogP contribution in [-0.2, 0) is 6.61 Å². The smallest absolute Gasteiger partial charge is 0.220 e. The molecule has 0 amide bonds. The third-order valence-corrected chi connectivity index (χ3v) is 3.86. The lowest BCUT2D eigenvalue weighted by atomic mass is 10.1. The van der Waals surface area contributed by atoms with E-state index in [2.05, 4.69) is 0 Å². The molecule has 2 aromatic rings. The molecule has 0 N–H and O–H groups in total. The monoisotopic (exact) mass is 344 g/mol. The van der Waals surface area contributed by atoms with Crippen LogP contribution in [-0.4, -0.2) is 21.3 Å². The van der Waals surface area contributed by atoms with E-state index in [1.165, 1.54) is 0 Å². The van der Waals surface area contributed by atoms with Crippen LogP contribution in [0.3, 0.4) is 0 Å². The van der Waals surface area contributed by atoms with Gasteiger partial charge in [0.1, 0.15) is 6.61 Å². The molecule has 0 spiro atoms. The summed E-state index contributed by atoms with van der Waals surface area (Å²) in [7, 11) is 4.67. The van der Waals surface area contributed by atoms with Gasteiger partial charge in [-0.1, -0.05) is 26.0 Å². The summed E-state index contributed by atoms with van der Waals surface area (Å²) in [6, 6.07) is 10.7. The van der Waals surface area contributed by atoms with Gasteiger partial charge in [-0.25, -0.2) is 0 Å². The normalized spacial score (nSPS) is 10.5. The Labute approximate surface area is 148 Å². The number of hydrogen-bond donors (Lipinski definition) is 0. The Kier molecular flexibility index (Phi) is 6.28. The largest absolute Gasteiger partial charge is 0.493 e. The second-order valence-corrected chi connectivity index (χ2v) is 5.88. The first kappa shape index (κ1) is 18.6. The molecule has 134 valence electrons. The van der Waals surface area contributed by atoms with E-state index in [0.717, 1.165) is 11.1 Å². The number of ether oxygens (including phenoxy) is 4. The summed E-state index contributed by atoms with van der Waals surface area (Å²) in [4.78, 5) is 12.3. The average molecular weight is 344 g/mol. The van der Waals surface area contributed by atoms with Crippen LogP contribution in [0.4, 0.5) is 0 Å². The van der Waals surface area contributed by atoms with Crippen LogP contribution in [0.25, 0.3) is 0 Å². The maximum absolute atomic E-state index is 12.3. The molecule has 0 radical (unpaired) electrons. The van der Waals surface area contributed by atoms with E-state index < -0.39 is 0 Å². The van der Waals surface area contributed by atoms with Crippen LogP contribution < -0.4 is 24.4 Å². The molecule has 0 aliphatic rings. The molecule has 0 atom stereocenters. The second kappa shape index (κ2) is 8.42. The van der Waals surface area contributed by atoms with Crippen LogP contribution in [0.5, 0.6) is 23.0 Å². The highest BCUT2D eigenvalue weighted by molar-refractivity contribution is 5.53. The third-order valence-electron chi connectivity index (χ3n) is 3.86. The minimum Gasteiger partial charge on any atom is -0.493 e. The standard InChI is InChI=1S/C20H24O5/c1-13(2)15-7-6-8-17(16(21)11-15)25-12-14-9-18(22-3)20(24-5)19(10-14)23-4/h6-11,13H,12H2,1-5H3. The molecule has 0 aliphatic heterocycles. The van der Waals surface area contributed by atoms with Crippen molar-refractivity contribution in [3.8, 4) is 23.0 Å². The summed E-state index contributed by atoms with van der Waals surface area (Å²) in [6.45, 7) is 4.31. The van der Waals surface area contributed by atoms with Gasteiger partial charge in [-0.05, 0) is 41.3 Å². The van der Waals surface area contributed by atoms with Gasteiger partial charge in [-0.2, -0.15) is 0 Å². The fourth-order valence-corrected chi connectivity index (χ4v) is 2.46. The highest BCUT2D eigenvalue weighted by Gasteiger charge is 2.13. The van der Waals surface area contributed by atoms with Crippen LogP contribution in [0.15, 0.2) is 41.2 Å². The molecule has 0 aromatic heterocycles. The lowest BCUT2D eigenvalue weighted by Gasteiger charge is -2.14. The molecule has 0 bridgehead atoms. The molecule has 0 saturated carbocycles. The van der Waals surface area contributed by atoms with Gasteiger partial charge in [0.05, 0.1) is 21.3 Å². The van der Waals surface area contributed by atoms with Gasteiger partial charge in [-0.15, -0.1) is 0 Å². The van der Waals surface area contributed by atoms with Crippen LogP contribution in [0, 0.1) is 0 Å². The zero-order chi connectivity index (χ0) is 18.4. The minimum atomic E-state index is -0.138. The molecule has 25 heavy (non-hydrogen) atoms. The van der Waals surface area contributed by atoms with Crippen LogP contribution in [0.2, 0.25) is 0 Å². The Hall–Kier alpha value is -2.69. The third kappa shape index (κ3) is 4.44. The first-order valence-corrected chi connectivity index (χ1v) is 8.06. The summed E-state index contributed by atoms with van der Waals surface area (Å²) in [5.74, 6) is 2.20. The first-order valence-electron chi connectivity index (χ1n) is 8.06. The predicted molar refractivity (Wildman–Crippen MR) is 97.2 cm³/mol. The Morgan fingerprint density at radius 2 is 1.52 bits per heavy atom. The number of benzene rings is 1. The quantitative estimate of drug-likeness (QED) is 0.765. The molecular formula is C20H24O5. The molecule has 2 rings (SSSR count). The van der Waals surface area contributed by atoms with E-state index >= 15 is 0 Å². The van der Waals surface area contributed by atoms with E-state index in [4.69, 9.17) is 18.9 Å². The maximum Gasteiger partial charge on any atom is 0.220 e. The van der Waals surface area contributed by atoms with Gasteiger partial charge in [0, 0.05) is 0 Å². The number of rotatable bonds is 7. The Bertz CT molecular complexity index is 758.